The number of thiazole rings is 1. The predicted octanol–water partition coefficient (Wildman–Crippen LogP) is 3.01. The molecule has 1 atom stereocenters. The van der Waals surface area contributed by atoms with E-state index < -0.39 is 22.0 Å². The Labute approximate surface area is 173 Å². The molecule has 1 N–H and O–H groups in total. The van der Waals surface area contributed by atoms with Crippen molar-refractivity contribution in [3.8, 4) is 11.6 Å². The zero-order chi connectivity index (χ0) is 19.9. The van der Waals surface area contributed by atoms with E-state index in [4.69, 9.17) is 16.0 Å². The van der Waals surface area contributed by atoms with E-state index in [1.54, 1.807) is 5.38 Å². The zero-order valence-electron chi connectivity index (χ0n) is 14.5. The van der Waals surface area contributed by atoms with E-state index in [0.29, 0.717) is 22.9 Å². The largest absolute Gasteiger partial charge is 0.401 e. The first-order valence-corrected chi connectivity index (χ1v) is 11.7. The molecule has 0 aliphatic carbocycles. The number of halogens is 1. The predicted molar refractivity (Wildman–Crippen MR) is 105 cm³/mol. The van der Waals surface area contributed by atoms with Gasteiger partial charge in [-0.15, -0.1) is 27.8 Å². The summed E-state index contributed by atoms with van der Waals surface area (Å²) in [7, 11) is -3.81. The molecule has 13 heteroatoms. The van der Waals surface area contributed by atoms with Gasteiger partial charge in [0.2, 0.25) is 5.91 Å². The van der Waals surface area contributed by atoms with Gasteiger partial charge < -0.3 is 4.42 Å². The molecule has 0 spiro atoms. The minimum atomic E-state index is -3.81. The number of sulfonamides is 1. The van der Waals surface area contributed by atoms with Crippen LogP contribution in [-0.2, 0) is 14.8 Å². The smallest absolute Gasteiger partial charge is 0.322 e. The number of nitrogens with zero attached hydrogens (tertiary/aromatic N) is 4. The van der Waals surface area contributed by atoms with Crippen LogP contribution in [0.2, 0.25) is 4.34 Å². The molecule has 148 valence electrons. The molecule has 0 bridgehead atoms. The van der Waals surface area contributed by atoms with Crippen LogP contribution in [0, 0.1) is 6.92 Å². The topological polar surface area (TPSA) is 118 Å². The lowest BCUT2D eigenvalue weighted by atomic mass is 10.2. The Kier molecular flexibility index (Phi) is 5.22. The summed E-state index contributed by atoms with van der Waals surface area (Å²) in [6.45, 7) is 2.10. The maximum absolute atomic E-state index is 12.8. The molecule has 9 nitrogen and oxygen atoms in total. The molecule has 0 saturated carbocycles. The third-order valence-corrected chi connectivity index (χ3v) is 8.49. The summed E-state index contributed by atoms with van der Waals surface area (Å²) < 4.78 is 32.8. The number of rotatable bonds is 5. The number of hydrogen-bond donors (Lipinski definition) is 1. The first kappa shape index (κ1) is 19.5. The normalized spacial score (nSPS) is 17.9. The lowest BCUT2D eigenvalue weighted by Crippen LogP contribution is -2.42. The van der Waals surface area contributed by atoms with Crippen molar-refractivity contribution in [2.24, 2.45) is 0 Å². The van der Waals surface area contributed by atoms with Crippen LogP contribution in [0.5, 0.6) is 0 Å². The highest BCUT2D eigenvalue weighted by Crippen LogP contribution is 2.32. The van der Waals surface area contributed by atoms with E-state index in [-0.39, 0.29) is 22.7 Å². The summed E-state index contributed by atoms with van der Waals surface area (Å²) in [5.41, 5.74) is 0.523. The second-order valence-electron chi connectivity index (χ2n) is 5.99. The number of carbonyl (C=O) groups is 1. The van der Waals surface area contributed by atoms with Crippen LogP contribution >= 0.6 is 34.3 Å². The number of carbonyl (C=O) groups excluding carboxylic acids is 1. The van der Waals surface area contributed by atoms with Gasteiger partial charge in [-0.25, -0.2) is 13.4 Å². The standard InChI is InChI=1S/C15H14ClN5O4S3/c1-8-17-9(7-26-8)14-19-20-15(25-14)18-13(22)10-3-2-6-21(10)28(23,24)12-5-4-11(16)27-12/h4-5,7,10H,2-3,6H2,1H3,(H,18,20,22). The SMILES string of the molecule is Cc1nc(-c2nnc(NC(=O)C3CCCN3S(=O)(=O)c3ccc(Cl)s3)o2)cs1. The third kappa shape index (κ3) is 3.70. The quantitative estimate of drug-likeness (QED) is 0.622. The molecular formula is C15H14ClN5O4S3. The number of aromatic nitrogens is 3. The van der Waals surface area contributed by atoms with Crippen LogP contribution in [0.15, 0.2) is 26.1 Å². The fraction of sp³-hybridized carbons (Fsp3) is 0.333. The van der Waals surface area contributed by atoms with Crippen LogP contribution < -0.4 is 5.32 Å². The number of aryl methyl sites for hydroxylation is 1. The van der Waals surface area contributed by atoms with Gasteiger partial charge in [-0.05, 0) is 31.9 Å². The van der Waals surface area contributed by atoms with Gasteiger partial charge in [0.1, 0.15) is 15.9 Å². The summed E-state index contributed by atoms with van der Waals surface area (Å²) in [4.78, 5) is 16.9. The van der Waals surface area contributed by atoms with Crippen molar-refractivity contribution in [2.75, 3.05) is 11.9 Å². The van der Waals surface area contributed by atoms with Gasteiger partial charge in [-0.1, -0.05) is 16.7 Å². The van der Waals surface area contributed by atoms with Crippen molar-refractivity contribution < 1.29 is 17.6 Å². The summed E-state index contributed by atoms with van der Waals surface area (Å²) in [5.74, 6) is -0.336. The minimum Gasteiger partial charge on any atom is -0.401 e. The number of nitrogens with one attached hydrogen (secondary N) is 1. The Hall–Kier alpha value is -1.86. The Balaban J connectivity index is 1.51. The van der Waals surface area contributed by atoms with E-state index in [1.807, 2.05) is 6.92 Å². The molecule has 1 amide bonds. The molecule has 1 saturated heterocycles. The molecule has 0 radical (unpaired) electrons. The minimum absolute atomic E-state index is 0.103. The maximum Gasteiger partial charge on any atom is 0.322 e. The van der Waals surface area contributed by atoms with Crippen molar-refractivity contribution in [1.29, 1.82) is 0 Å². The molecule has 1 aliphatic rings. The van der Waals surface area contributed by atoms with Crippen LogP contribution in [0.4, 0.5) is 6.01 Å². The molecule has 1 fully saturated rings. The highest BCUT2D eigenvalue weighted by Gasteiger charge is 2.40. The molecule has 4 heterocycles. The lowest BCUT2D eigenvalue weighted by molar-refractivity contribution is -0.119. The van der Waals surface area contributed by atoms with Gasteiger partial charge in [0.25, 0.3) is 15.9 Å². The summed E-state index contributed by atoms with van der Waals surface area (Å²) >= 11 is 8.25. The summed E-state index contributed by atoms with van der Waals surface area (Å²) in [6, 6.07) is 2.00. The third-order valence-electron chi connectivity index (χ3n) is 4.11. The molecule has 28 heavy (non-hydrogen) atoms. The van der Waals surface area contributed by atoms with Gasteiger partial charge in [-0.2, -0.15) is 4.31 Å². The first-order chi connectivity index (χ1) is 13.3. The van der Waals surface area contributed by atoms with Gasteiger partial charge in [-0.3, -0.25) is 10.1 Å². The molecule has 4 rings (SSSR count). The highest BCUT2D eigenvalue weighted by molar-refractivity contribution is 7.91. The Morgan fingerprint density at radius 1 is 1.39 bits per heavy atom. The molecule has 1 unspecified atom stereocenters. The van der Waals surface area contributed by atoms with Crippen molar-refractivity contribution in [1.82, 2.24) is 19.5 Å². The fourth-order valence-electron chi connectivity index (χ4n) is 2.87. The summed E-state index contributed by atoms with van der Waals surface area (Å²) in [6.07, 6.45) is 0.972. The van der Waals surface area contributed by atoms with Crippen molar-refractivity contribution in [3.05, 3.63) is 26.9 Å². The molecule has 3 aromatic rings. The van der Waals surface area contributed by atoms with Gasteiger partial charge in [0, 0.05) is 11.9 Å². The van der Waals surface area contributed by atoms with Crippen molar-refractivity contribution in [3.63, 3.8) is 0 Å². The van der Waals surface area contributed by atoms with Crippen molar-refractivity contribution in [2.45, 2.75) is 30.0 Å². The van der Waals surface area contributed by atoms with Gasteiger partial charge >= 0.3 is 6.01 Å². The average Bonchev–Trinajstić information content (AvgIpc) is 3.41. The van der Waals surface area contributed by atoms with E-state index in [2.05, 4.69) is 20.5 Å². The number of anilines is 1. The van der Waals surface area contributed by atoms with Gasteiger partial charge in [0.05, 0.1) is 9.34 Å². The zero-order valence-corrected chi connectivity index (χ0v) is 17.7. The second kappa shape index (κ2) is 7.52. The Morgan fingerprint density at radius 2 is 2.21 bits per heavy atom. The number of thiophene rings is 1. The Bertz CT molecular complexity index is 1120. The van der Waals surface area contributed by atoms with E-state index in [9.17, 15) is 13.2 Å². The average molecular weight is 460 g/mol. The number of hydrogen-bond acceptors (Lipinski definition) is 9. The summed E-state index contributed by atoms with van der Waals surface area (Å²) in [5, 5.41) is 12.8. The molecular weight excluding hydrogens is 446 g/mol. The second-order valence-corrected chi connectivity index (χ2v) is 10.9. The monoisotopic (exact) mass is 459 g/mol. The molecule has 1 aliphatic heterocycles. The van der Waals surface area contributed by atoms with Crippen LogP contribution in [0.25, 0.3) is 11.6 Å². The first-order valence-electron chi connectivity index (χ1n) is 8.18. The van der Waals surface area contributed by atoms with Crippen LogP contribution in [0.3, 0.4) is 0 Å². The highest BCUT2D eigenvalue weighted by atomic mass is 35.5. The Morgan fingerprint density at radius 3 is 2.89 bits per heavy atom. The maximum atomic E-state index is 12.8. The lowest BCUT2D eigenvalue weighted by Gasteiger charge is -2.21. The fourth-order valence-corrected chi connectivity index (χ4v) is 6.72. The van der Waals surface area contributed by atoms with Crippen molar-refractivity contribution >= 4 is 56.2 Å². The molecule has 3 aromatic heterocycles. The van der Waals surface area contributed by atoms with Crippen LogP contribution in [0.1, 0.15) is 17.8 Å². The van der Waals surface area contributed by atoms with Crippen LogP contribution in [-0.4, -0.2) is 46.4 Å². The van der Waals surface area contributed by atoms with E-state index in [0.717, 1.165) is 16.3 Å². The number of amides is 1. The van der Waals surface area contributed by atoms with E-state index in [1.165, 1.54) is 27.8 Å². The van der Waals surface area contributed by atoms with E-state index >= 15 is 0 Å². The molecule has 0 aromatic carbocycles. The van der Waals surface area contributed by atoms with Gasteiger partial charge in [0.15, 0.2) is 0 Å².